The Hall–Kier alpha value is -1.65. The molecule has 1 heterocycles. The molecule has 20 heavy (non-hydrogen) atoms. The van der Waals surface area contributed by atoms with E-state index in [0.717, 1.165) is 13.0 Å². The van der Waals surface area contributed by atoms with Crippen LogP contribution in [0, 0.1) is 0 Å². The molecule has 0 unspecified atom stereocenters. The highest BCUT2D eigenvalue weighted by Crippen LogP contribution is 2.17. The lowest BCUT2D eigenvalue weighted by molar-refractivity contribution is -0.133. The molecule has 4 nitrogen and oxygen atoms in total. The van der Waals surface area contributed by atoms with Crippen LogP contribution in [-0.4, -0.2) is 43.7 Å². The van der Waals surface area contributed by atoms with Crippen LogP contribution in [-0.2, 0) is 22.5 Å². The molecule has 1 aliphatic rings. The zero-order chi connectivity index (χ0) is 14.4. The number of hydrogen-bond acceptors (Lipinski definition) is 3. The fourth-order valence-electron chi connectivity index (χ4n) is 2.50. The van der Waals surface area contributed by atoms with E-state index < -0.39 is 0 Å². The first-order valence-corrected chi connectivity index (χ1v) is 6.95. The number of nitrogens with zero attached hydrogens (tertiary/aromatic N) is 1. The van der Waals surface area contributed by atoms with Gasteiger partial charge >= 0.3 is 0 Å². The van der Waals surface area contributed by atoms with Gasteiger partial charge in [-0.1, -0.05) is 30.3 Å². The third kappa shape index (κ3) is 3.46. The summed E-state index contributed by atoms with van der Waals surface area (Å²) in [6.07, 6.45) is 2.50. The van der Waals surface area contributed by atoms with E-state index in [4.69, 9.17) is 4.74 Å². The molecule has 4 heteroatoms. The van der Waals surface area contributed by atoms with Crippen molar-refractivity contribution in [3.05, 3.63) is 48.0 Å². The van der Waals surface area contributed by atoms with Gasteiger partial charge in [0.25, 0.3) is 0 Å². The van der Waals surface area contributed by atoms with Gasteiger partial charge in [0.2, 0.25) is 5.91 Å². The monoisotopic (exact) mass is 274 g/mol. The molecular weight excluding hydrogens is 252 g/mol. The van der Waals surface area contributed by atoms with Gasteiger partial charge in [0.05, 0.1) is 12.6 Å². The van der Waals surface area contributed by atoms with E-state index >= 15 is 0 Å². The fraction of sp³-hybridized carbons (Fsp3) is 0.438. The van der Waals surface area contributed by atoms with Crippen LogP contribution in [0.4, 0.5) is 0 Å². The van der Waals surface area contributed by atoms with Crippen molar-refractivity contribution < 1.29 is 9.53 Å². The lowest BCUT2D eigenvalue weighted by atomic mass is 9.95. The number of fused-ring (bicyclic) bond motifs is 1. The van der Waals surface area contributed by atoms with Gasteiger partial charge in [-0.15, -0.1) is 6.58 Å². The van der Waals surface area contributed by atoms with Gasteiger partial charge in [-0.3, -0.25) is 4.79 Å². The Bertz CT molecular complexity index is 473. The van der Waals surface area contributed by atoms with E-state index in [1.54, 1.807) is 18.1 Å². The lowest BCUT2D eigenvalue weighted by Crippen LogP contribution is -2.50. The van der Waals surface area contributed by atoms with E-state index in [1.165, 1.54) is 11.1 Å². The summed E-state index contributed by atoms with van der Waals surface area (Å²) in [5, 5.41) is 3.32. The maximum absolute atomic E-state index is 12.6. The largest absolute Gasteiger partial charge is 0.383 e. The van der Waals surface area contributed by atoms with Gasteiger partial charge in [-0.05, 0) is 17.5 Å². The minimum Gasteiger partial charge on any atom is -0.383 e. The van der Waals surface area contributed by atoms with Crippen LogP contribution in [0.3, 0.4) is 0 Å². The number of benzene rings is 1. The fourth-order valence-corrected chi connectivity index (χ4v) is 2.50. The third-order valence-electron chi connectivity index (χ3n) is 3.61. The predicted molar refractivity (Wildman–Crippen MR) is 79.4 cm³/mol. The zero-order valence-corrected chi connectivity index (χ0v) is 12.0. The van der Waals surface area contributed by atoms with E-state index in [2.05, 4.69) is 24.0 Å². The summed E-state index contributed by atoms with van der Waals surface area (Å²) in [6.45, 7) is 6.17. The minimum atomic E-state index is -0.151. The van der Waals surface area contributed by atoms with Gasteiger partial charge < -0.3 is 15.0 Å². The number of hydrogen-bond donors (Lipinski definition) is 1. The molecule has 1 N–H and O–H groups in total. The summed E-state index contributed by atoms with van der Waals surface area (Å²) in [5.74, 6) is 0.122. The van der Waals surface area contributed by atoms with Crippen molar-refractivity contribution in [3.63, 3.8) is 0 Å². The first-order valence-electron chi connectivity index (χ1n) is 6.95. The van der Waals surface area contributed by atoms with E-state index in [-0.39, 0.29) is 11.9 Å². The molecule has 108 valence electrons. The van der Waals surface area contributed by atoms with Crippen molar-refractivity contribution in [2.24, 2.45) is 0 Å². The molecular formula is C16H22N2O2. The average Bonchev–Trinajstić information content (AvgIpc) is 2.50. The van der Waals surface area contributed by atoms with Gasteiger partial charge in [-0.2, -0.15) is 0 Å². The van der Waals surface area contributed by atoms with Gasteiger partial charge in [0.15, 0.2) is 0 Å². The highest BCUT2D eigenvalue weighted by molar-refractivity contribution is 5.82. The van der Waals surface area contributed by atoms with E-state index in [1.807, 2.05) is 12.1 Å². The molecule has 0 spiro atoms. The Balaban J connectivity index is 2.03. The second kappa shape index (κ2) is 7.22. The molecule has 0 aliphatic carbocycles. The second-order valence-corrected chi connectivity index (χ2v) is 4.97. The Morgan fingerprint density at radius 3 is 2.95 bits per heavy atom. The van der Waals surface area contributed by atoms with Crippen LogP contribution in [0.25, 0.3) is 0 Å². The molecule has 1 amide bonds. The highest BCUT2D eigenvalue weighted by atomic mass is 16.5. The number of carbonyl (C=O) groups is 1. The van der Waals surface area contributed by atoms with Crippen molar-refractivity contribution >= 4 is 5.91 Å². The molecule has 1 aliphatic heterocycles. The zero-order valence-electron chi connectivity index (χ0n) is 12.0. The predicted octanol–water partition coefficient (Wildman–Crippen LogP) is 1.36. The smallest absolute Gasteiger partial charge is 0.240 e. The first-order chi connectivity index (χ1) is 9.76. The number of nitrogens with one attached hydrogen (secondary N) is 1. The molecule has 1 atom stereocenters. The third-order valence-corrected chi connectivity index (χ3v) is 3.61. The molecule has 1 aromatic rings. The summed E-state index contributed by atoms with van der Waals surface area (Å²) >= 11 is 0. The molecule has 0 radical (unpaired) electrons. The molecule has 0 aromatic heterocycles. The summed E-state index contributed by atoms with van der Waals surface area (Å²) in [7, 11) is 1.64. The Kier molecular flexibility index (Phi) is 5.32. The second-order valence-electron chi connectivity index (χ2n) is 4.97. The van der Waals surface area contributed by atoms with Crippen molar-refractivity contribution in [1.82, 2.24) is 10.2 Å². The van der Waals surface area contributed by atoms with Gasteiger partial charge in [0.1, 0.15) is 0 Å². The molecule has 0 saturated carbocycles. The normalized spacial score (nSPS) is 17.4. The Labute approximate surface area is 120 Å². The molecule has 1 aromatic carbocycles. The molecule has 0 bridgehead atoms. The summed E-state index contributed by atoms with van der Waals surface area (Å²) in [4.78, 5) is 14.4. The van der Waals surface area contributed by atoms with Crippen LogP contribution < -0.4 is 5.32 Å². The maximum Gasteiger partial charge on any atom is 0.240 e. The highest BCUT2D eigenvalue weighted by Gasteiger charge is 2.27. The van der Waals surface area contributed by atoms with Crippen molar-refractivity contribution in [2.45, 2.75) is 19.0 Å². The first kappa shape index (κ1) is 14.8. The summed E-state index contributed by atoms with van der Waals surface area (Å²) in [6, 6.07) is 8.11. The van der Waals surface area contributed by atoms with Gasteiger partial charge in [-0.25, -0.2) is 0 Å². The number of amides is 1. The molecule has 0 saturated heterocycles. The summed E-state index contributed by atoms with van der Waals surface area (Å²) in [5.41, 5.74) is 2.54. The molecule has 2 rings (SSSR count). The number of ether oxygens (including phenoxy) is 1. The van der Waals surface area contributed by atoms with Gasteiger partial charge in [0, 0.05) is 26.7 Å². The Morgan fingerprint density at radius 1 is 1.50 bits per heavy atom. The number of methoxy groups -OCH3 is 1. The minimum absolute atomic E-state index is 0.122. The SMILES string of the molecule is C=CCN(CCOC)C(=O)[C@@H]1Cc2ccccc2CN1. The van der Waals surface area contributed by atoms with Crippen molar-refractivity contribution in [3.8, 4) is 0 Å². The topological polar surface area (TPSA) is 41.6 Å². The maximum atomic E-state index is 12.6. The van der Waals surface area contributed by atoms with Crippen molar-refractivity contribution in [1.29, 1.82) is 0 Å². The average molecular weight is 274 g/mol. The van der Waals surface area contributed by atoms with Crippen LogP contribution in [0.15, 0.2) is 36.9 Å². The molecule has 0 fully saturated rings. The number of rotatable bonds is 6. The van der Waals surface area contributed by atoms with Crippen LogP contribution in [0.1, 0.15) is 11.1 Å². The quantitative estimate of drug-likeness (QED) is 0.797. The van der Waals surface area contributed by atoms with Crippen LogP contribution >= 0.6 is 0 Å². The van der Waals surface area contributed by atoms with Crippen LogP contribution in [0.2, 0.25) is 0 Å². The van der Waals surface area contributed by atoms with Crippen molar-refractivity contribution in [2.75, 3.05) is 26.8 Å². The Morgan fingerprint density at radius 2 is 2.25 bits per heavy atom. The summed E-state index contributed by atoms with van der Waals surface area (Å²) < 4.78 is 5.06. The lowest BCUT2D eigenvalue weighted by Gasteiger charge is -2.30. The standard InChI is InChI=1S/C16H22N2O2/c1-3-8-18(9-10-20-2)16(19)15-11-13-6-4-5-7-14(13)12-17-15/h3-7,15,17H,1,8-12H2,2H3/t15-/m0/s1. The van der Waals surface area contributed by atoms with Crippen LogP contribution in [0.5, 0.6) is 0 Å². The van der Waals surface area contributed by atoms with E-state index in [9.17, 15) is 4.79 Å². The number of carbonyl (C=O) groups excluding carboxylic acids is 1. The van der Waals surface area contributed by atoms with E-state index in [0.29, 0.717) is 19.7 Å².